The Morgan fingerprint density at radius 2 is 1.97 bits per heavy atom. The molecule has 3 aromatic rings. The predicted octanol–water partition coefficient (Wildman–Crippen LogP) is 3.39. The van der Waals surface area contributed by atoms with Gasteiger partial charge in [0.05, 0.1) is 28.0 Å². The molecule has 10 nitrogen and oxygen atoms in total. The third-order valence-corrected chi connectivity index (χ3v) is 5.78. The number of nitro benzene ring substituents is 1. The SMILES string of the molecule is Cc1ccc([N+](=O)[O-])cc1NC(=O)CSc1nnc([C@@H](C)NC(=O)c2ccccc2F)n1C. The van der Waals surface area contributed by atoms with E-state index in [-0.39, 0.29) is 22.9 Å². The topological polar surface area (TPSA) is 132 Å². The maximum atomic E-state index is 13.8. The minimum atomic E-state index is -0.624. The Bertz CT molecular complexity index is 1220. The summed E-state index contributed by atoms with van der Waals surface area (Å²) >= 11 is 1.12. The number of amides is 2. The number of non-ortho nitro benzene ring substituents is 1. The number of aryl methyl sites for hydroxylation is 1. The summed E-state index contributed by atoms with van der Waals surface area (Å²) in [6, 6.07) is 9.33. The highest BCUT2D eigenvalue weighted by Crippen LogP contribution is 2.23. The smallest absolute Gasteiger partial charge is 0.271 e. The number of carbonyl (C=O) groups is 2. The molecule has 0 saturated carbocycles. The van der Waals surface area contributed by atoms with Crippen LogP contribution in [0.4, 0.5) is 15.8 Å². The average Bonchev–Trinajstić information content (AvgIpc) is 3.14. The number of nitrogens with one attached hydrogen (secondary N) is 2. The minimum Gasteiger partial charge on any atom is -0.342 e. The number of hydrogen-bond donors (Lipinski definition) is 2. The number of aromatic nitrogens is 3. The molecule has 0 unspecified atom stereocenters. The largest absolute Gasteiger partial charge is 0.342 e. The Labute approximate surface area is 192 Å². The van der Waals surface area contributed by atoms with Crippen molar-refractivity contribution in [3.8, 4) is 0 Å². The lowest BCUT2D eigenvalue weighted by Crippen LogP contribution is -2.29. The zero-order valence-electron chi connectivity index (χ0n) is 18.0. The van der Waals surface area contributed by atoms with Crippen molar-refractivity contribution in [3.63, 3.8) is 0 Å². The van der Waals surface area contributed by atoms with Gasteiger partial charge in [-0.15, -0.1) is 10.2 Å². The van der Waals surface area contributed by atoms with Crippen LogP contribution in [0.25, 0.3) is 0 Å². The van der Waals surface area contributed by atoms with Crippen LogP contribution in [0.3, 0.4) is 0 Å². The summed E-state index contributed by atoms with van der Waals surface area (Å²) in [7, 11) is 1.69. The number of carbonyl (C=O) groups excluding carboxylic acids is 2. The summed E-state index contributed by atoms with van der Waals surface area (Å²) in [5.41, 5.74) is 0.861. The van der Waals surface area contributed by atoms with Crippen molar-refractivity contribution in [2.24, 2.45) is 7.05 Å². The van der Waals surface area contributed by atoms with Crippen molar-refractivity contribution in [1.82, 2.24) is 20.1 Å². The second kappa shape index (κ2) is 10.2. The highest BCUT2D eigenvalue weighted by molar-refractivity contribution is 7.99. The molecule has 172 valence electrons. The number of nitro groups is 1. The first kappa shape index (κ1) is 23.9. The third kappa shape index (κ3) is 5.71. The van der Waals surface area contributed by atoms with Crippen LogP contribution in [-0.4, -0.2) is 37.3 Å². The van der Waals surface area contributed by atoms with Crippen LogP contribution in [0, 0.1) is 22.9 Å². The first-order chi connectivity index (χ1) is 15.7. The van der Waals surface area contributed by atoms with Crippen molar-refractivity contribution in [1.29, 1.82) is 0 Å². The quantitative estimate of drug-likeness (QED) is 0.292. The molecule has 33 heavy (non-hydrogen) atoms. The molecule has 0 aliphatic heterocycles. The zero-order chi connectivity index (χ0) is 24.1. The van der Waals surface area contributed by atoms with Gasteiger partial charge in [-0.05, 0) is 31.5 Å². The van der Waals surface area contributed by atoms with Crippen LogP contribution in [-0.2, 0) is 11.8 Å². The van der Waals surface area contributed by atoms with E-state index in [2.05, 4.69) is 20.8 Å². The molecule has 0 bridgehead atoms. The summed E-state index contributed by atoms with van der Waals surface area (Å²) in [6.07, 6.45) is 0. The number of nitrogens with zero attached hydrogens (tertiary/aromatic N) is 4. The fourth-order valence-electron chi connectivity index (χ4n) is 2.99. The number of halogens is 1. The Kier molecular flexibility index (Phi) is 7.38. The second-order valence-electron chi connectivity index (χ2n) is 7.17. The number of rotatable bonds is 8. The molecule has 1 atom stereocenters. The molecule has 3 rings (SSSR count). The first-order valence-corrected chi connectivity index (χ1v) is 10.8. The highest BCUT2D eigenvalue weighted by atomic mass is 32.2. The van der Waals surface area contributed by atoms with Crippen LogP contribution in [0.2, 0.25) is 0 Å². The van der Waals surface area contributed by atoms with Gasteiger partial charge in [0.1, 0.15) is 5.82 Å². The van der Waals surface area contributed by atoms with E-state index >= 15 is 0 Å². The Morgan fingerprint density at radius 3 is 2.67 bits per heavy atom. The number of benzene rings is 2. The number of thioether (sulfide) groups is 1. The Balaban J connectivity index is 1.61. The van der Waals surface area contributed by atoms with Crippen LogP contribution in [0.5, 0.6) is 0 Å². The van der Waals surface area contributed by atoms with Gasteiger partial charge in [0.25, 0.3) is 11.6 Å². The summed E-state index contributed by atoms with van der Waals surface area (Å²) in [5.74, 6) is -1.15. The van der Waals surface area contributed by atoms with Gasteiger partial charge < -0.3 is 15.2 Å². The molecule has 0 aliphatic carbocycles. The van der Waals surface area contributed by atoms with E-state index in [0.29, 0.717) is 22.2 Å². The normalized spacial score (nSPS) is 11.6. The predicted molar refractivity (Wildman–Crippen MR) is 120 cm³/mol. The van der Waals surface area contributed by atoms with E-state index in [0.717, 1.165) is 11.8 Å². The molecular formula is C21H21FN6O4S. The Morgan fingerprint density at radius 1 is 1.24 bits per heavy atom. The highest BCUT2D eigenvalue weighted by Gasteiger charge is 2.20. The van der Waals surface area contributed by atoms with E-state index in [1.807, 2.05) is 0 Å². The third-order valence-electron chi connectivity index (χ3n) is 4.76. The van der Waals surface area contributed by atoms with E-state index in [1.54, 1.807) is 37.6 Å². The lowest BCUT2D eigenvalue weighted by atomic mass is 10.2. The summed E-state index contributed by atoms with van der Waals surface area (Å²) in [5, 5.41) is 24.8. The fourth-order valence-corrected chi connectivity index (χ4v) is 3.71. The van der Waals surface area contributed by atoms with Gasteiger partial charge in [0.15, 0.2) is 11.0 Å². The van der Waals surface area contributed by atoms with Crippen molar-refractivity contribution >= 4 is 35.0 Å². The summed E-state index contributed by atoms with van der Waals surface area (Å²) in [6.45, 7) is 3.42. The van der Waals surface area contributed by atoms with Crippen molar-refractivity contribution < 1.29 is 18.9 Å². The molecule has 2 N–H and O–H groups in total. The lowest BCUT2D eigenvalue weighted by molar-refractivity contribution is -0.384. The van der Waals surface area contributed by atoms with Crippen molar-refractivity contribution in [2.75, 3.05) is 11.1 Å². The number of anilines is 1. The maximum absolute atomic E-state index is 13.8. The zero-order valence-corrected chi connectivity index (χ0v) is 18.9. The molecule has 0 saturated heterocycles. The van der Waals surface area contributed by atoms with Gasteiger partial charge in [0.2, 0.25) is 5.91 Å². The first-order valence-electron chi connectivity index (χ1n) is 9.79. The molecular weight excluding hydrogens is 451 g/mol. The molecule has 0 aliphatic rings. The van der Waals surface area contributed by atoms with Crippen LogP contribution in [0.1, 0.15) is 34.7 Å². The van der Waals surface area contributed by atoms with Crippen LogP contribution >= 0.6 is 11.8 Å². The van der Waals surface area contributed by atoms with E-state index < -0.39 is 22.7 Å². The van der Waals surface area contributed by atoms with Crippen molar-refractivity contribution in [2.45, 2.75) is 25.0 Å². The van der Waals surface area contributed by atoms with Gasteiger partial charge in [-0.1, -0.05) is 30.0 Å². The van der Waals surface area contributed by atoms with Gasteiger partial charge in [0, 0.05) is 19.2 Å². The summed E-state index contributed by atoms with van der Waals surface area (Å²) < 4.78 is 15.5. The maximum Gasteiger partial charge on any atom is 0.271 e. The van der Waals surface area contributed by atoms with E-state index in [9.17, 15) is 24.1 Å². The molecule has 0 spiro atoms. The van der Waals surface area contributed by atoms with Gasteiger partial charge >= 0.3 is 0 Å². The molecule has 1 aromatic heterocycles. The van der Waals surface area contributed by atoms with Gasteiger partial charge in [-0.3, -0.25) is 19.7 Å². The fraction of sp³-hybridized carbons (Fsp3) is 0.238. The van der Waals surface area contributed by atoms with Gasteiger partial charge in [-0.2, -0.15) is 0 Å². The van der Waals surface area contributed by atoms with Gasteiger partial charge in [-0.25, -0.2) is 4.39 Å². The van der Waals surface area contributed by atoms with Crippen LogP contribution < -0.4 is 10.6 Å². The summed E-state index contributed by atoms with van der Waals surface area (Å²) in [4.78, 5) is 35.1. The average molecular weight is 473 g/mol. The number of hydrogen-bond acceptors (Lipinski definition) is 7. The molecule has 0 radical (unpaired) electrons. The monoisotopic (exact) mass is 472 g/mol. The lowest BCUT2D eigenvalue weighted by Gasteiger charge is -2.14. The molecule has 0 fully saturated rings. The van der Waals surface area contributed by atoms with E-state index in [1.165, 1.54) is 30.3 Å². The standard InChI is InChI=1S/C21H21FN6O4S/c1-12-8-9-14(28(31)32)10-17(12)24-18(29)11-33-21-26-25-19(27(21)3)13(2)23-20(30)15-6-4-5-7-16(15)22/h4-10,13H,11H2,1-3H3,(H,23,30)(H,24,29)/t13-/m1/s1. The van der Waals surface area contributed by atoms with Crippen LogP contribution in [0.15, 0.2) is 47.6 Å². The van der Waals surface area contributed by atoms with Crippen molar-refractivity contribution in [3.05, 3.63) is 75.3 Å². The second-order valence-corrected chi connectivity index (χ2v) is 8.11. The van der Waals surface area contributed by atoms with E-state index in [4.69, 9.17) is 0 Å². The molecule has 12 heteroatoms. The molecule has 2 aromatic carbocycles. The molecule has 2 amide bonds. The minimum absolute atomic E-state index is 0.00985. The molecule has 1 heterocycles. The Hall–Kier alpha value is -3.80.